The summed E-state index contributed by atoms with van der Waals surface area (Å²) in [7, 11) is 0. The van der Waals surface area contributed by atoms with E-state index >= 15 is 0 Å². The normalized spacial score (nSPS) is 10.7. The van der Waals surface area contributed by atoms with Crippen LogP contribution in [0.25, 0.3) is 65.3 Å². The Morgan fingerprint density at radius 2 is 0.759 bits per heavy atom. The van der Waals surface area contributed by atoms with E-state index in [1.807, 2.05) is 0 Å². The van der Waals surface area contributed by atoms with Crippen LogP contribution in [0.2, 0.25) is 12.1 Å². The van der Waals surface area contributed by atoms with Gasteiger partial charge in [-0.05, 0) is 44.8 Å². The van der Waals surface area contributed by atoms with Crippen molar-refractivity contribution in [3.8, 4) is 22.3 Å². The zero-order chi connectivity index (χ0) is 40.9. The molecule has 0 heterocycles. The third-order valence-corrected chi connectivity index (χ3v) is 14.1. The second-order valence-corrected chi connectivity index (χ2v) is 31.7. The molecule has 0 amide bonds. The van der Waals surface area contributed by atoms with E-state index in [-0.39, 0.29) is 24.8 Å². The van der Waals surface area contributed by atoms with Crippen molar-refractivity contribution < 1.29 is 23.3 Å². The molecule has 8 aromatic rings. The number of fused-ring (bicyclic) bond motifs is 4. The number of hydrogen-bond acceptors (Lipinski definition) is 0. The van der Waals surface area contributed by atoms with Crippen LogP contribution in [-0.4, -0.2) is 18.9 Å². The molecule has 0 saturated heterocycles. The van der Waals surface area contributed by atoms with Crippen molar-refractivity contribution in [1.82, 2.24) is 0 Å². The van der Waals surface area contributed by atoms with Gasteiger partial charge >= 0.3 is 42.2 Å². The Hall–Kier alpha value is -1.09. The van der Waals surface area contributed by atoms with Gasteiger partial charge in [0.05, 0.1) is 0 Å². The predicted octanol–water partition coefficient (Wildman–Crippen LogP) is 17.6. The van der Waals surface area contributed by atoms with Gasteiger partial charge < -0.3 is 13.8 Å². The van der Waals surface area contributed by atoms with Crippen LogP contribution in [0, 0.1) is 27.7 Å². The number of benzene rings is 6. The molecule has 0 unspecified atom stereocenters. The third-order valence-electron chi connectivity index (χ3n) is 8.87. The fourth-order valence-electron chi connectivity index (χ4n) is 6.56. The minimum atomic E-state index is -2.30. The van der Waals surface area contributed by atoms with Crippen LogP contribution in [0.15, 0.2) is 146 Å². The topological polar surface area (TPSA) is 0 Å². The summed E-state index contributed by atoms with van der Waals surface area (Å²) in [5, 5.41) is 10.6. The molecule has 8 aromatic carbocycles. The molecule has 0 atom stereocenters. The standard InChI is InChI=1S/2C20H15.2C3H6Cl3Si.2ClH.Si.Zr/c2*1-14-12-16-8-5-11-19(20(16)13-14)18-10-4-7-15-6-2-3-9-17(15)18;2*1-2-3-7(4,5)6;;;;/h2*2-13H,1H3;2*1-3H2;2*1H;;/q4*-1;;;;. The van der Waals surface area contributed by atoms with Crippen LogP contribution in [-0.2, 0) is 23.3 Å². The van der Waals surface area contributed by atoms with E-state index in [0.717, 1.165) is 12.8 Å². The molecular weight excluding hydrogens is 1010 g/mol. The maximum absolute atomic E-state index is 5.46. The first-order valence-corrected chi connectivity index (χ1v) is 32.7. The Morgan fingerprint density at radius 3 is 1.07 bits per heavy atom. The monoisotopic (exact) mass is 1050 g/mol. The maximum atomic E-state index is 5.46. The molecule has 0 nitrogen and oxygen atoms in total. The molecular formula is C46H44Cl8Si3Zr-4. The Bertz CT molecular complexity index is 2280. The van der Waals surface area contributed by atoms with Crippen molar-refractivity contribution in [1.29, 1.82) is 0 Å². The molecule has 0 N–H and O–H groups in total. The summed E-state index contributed by atoms with van der Waals surface area (Å²) in [6.07, 6.45) is 1.45. The van der Waals surface area contributed by atoms with Gasteiger partial charge in [0.1, 0.15) is 0 Å². The van der Waals surface area contributed by atoms with Gasteiger partial charge in [-0.25, -0.2) is 0 Å². The van der Waals surface area contributed by atoms with Crippen molar-refractivity contribution in [2.45, 2.75) is 38.8 Å². The molecule has 304 valence electrons. The molecule has 58 heavy (non-hydrogen) atoms. The van der Waals surface area contributed by atoms with E-state index < -0.39 is 12.0 Å². The van der Waals surface area contributed by atoms with Crippen LogP contribution in [0.3, 0.4) is 0 Å². The summed E-state index contributed by atoms with van der Waals surface area (Å²) in [6.45, 7) is 14.5. The fraction of sp³-hybridized carbons (Fsp3) is 0.130. The summed E-state index contributed by atoms with van der Waals surface area (Å²) in [5.74, 6) is 0. The van der Waals surface area contributed by atoms with E-state index in [9.17, 15) is 0 Å². The summed E-state index contributed by atoms with van der Waals surface area (Å²) in [4.78, 5) is 0. The van der Waals surface area contributed by atoms with Crippen LogP contribution < -0.4 is 0 Å². The molecule has 0 aromatic heterocycles. The van der Waals surface area contributed by atoms with E-state index in [1.54, 1.807) is 0 Å². The zero-order valence-corrected chi connectivity index (χ0v) is 43.8. The summed E-state index contributed by atoms with van der Waals surface area (Å²) < 4.78 is 0. The Kier molecular flexibility index (Phi) is 23.6. The number of hydrogen-bond donors (Lipinski definition) is 0. The first kappa shape index (κ1) is 53.1. The number of halogens is 8. The summed E-state index contributed by atoms with van der Waals surface area (Å²) in [6, 6.07) is 49.2. The van der Waals surface area contributed by atoms with Gasteiger partial charge in [0.25, 0.3) is 0 Å². The first-order chi connectivity index (χ1) is 26.8. The van der Waals surface area contributed by atoms with Gasteiger partial charge in [0, 0.05) is 0 Å². The molecule has 0 aliphatic heterocycles. The predicted molar refractivity (Wildman–Crippen MR) is 271 cm³/mol. The molecule has 0 aliphatic carbocycles. The van der Waals surface area contributed by atoms with Gasteiger partial charge in [-0.1, -0.05) is 122 Å². The molecule has 0 bridgehead atoms. The Labute approximate surface area is 403 Å². The van der Waals surface area contributed by atoms with Crippen molar-refractivity contribution >= 4 is 153 Å². The van der Waals surface area contributed by atoms with Crippen molar-refractivity contribution in [2.75, 3.05) is 0 Å². The average Bonchev–Trinajstić information content (AvgIpc) is 3.76. The minimum absolute atomic E-state index is 0. The molecule has 0 aliphatic rings. The van der Waals surface area contributed by atoms with Crippen LogP contribution in [0.5, 0.6) is 0 Å². The van der Waals surface area contributed by atoms with Gasteiger partial charge in [0.2, 0.25) is 0 Å². The van der Waals surface area contributed by atoms with Crippen molar-refractivity contribution in [2.24, 2.45) is 0 Å². The van der Waals surface area contributed by atoms with E-state index in [2.05, 4.69) is 180 Å². The van der Waals surface area contributed by atoms with E-state index in [1.165, 1.54) is 99.8 Å². The molecule has 12 heteroatoms. The SMILES string of the molecule is Cc1cc2c(-c3cccc4ccccc34)cccc2[cH-]1.Cc1cc2c(-c3cccc4ccccc34)cccc2[cH-]1.Cl.Cl.[CH2-]CC[Si](Cl)(Cl)Cl.[CH2-]CC[Si](Cl)(Cl)Cl.[Si]=[Zr]. The zero-order valence-electron chi connectivity index (χ0n) is 32.2. The van der Waals surface area contributed by atoms with Crippen molar-refractivity contribution in [3.63, 3.8) is 0 Å². The third kappa shape index (κ3) is 15.7. The van der Waals surface area contributed by atoms with Gasteiger partial charge in [-0.3, -0.25) is 0 Å². The molecule has 0 fully saturated rings. The summed E-state index contributed by atoms with van der Waals surface area (Å²) in [5.41, 5.74) is 7.94. The first-order valence-electron chi connectivity index (χ1n) is 18.0. The van der Waals surface area contributed by atoms with Gasteiger partial charge in [-0.15, -0.1) is 160 Å². The quantitative estimate of drug-likeness (QED) is 0.0884. The van der Waals surface area contributed by atoms with Crippen LogP contribution in [0.4, 0.5) is 0 Å². The molecule has 2 radical (unpaired) electrons. The van der Waals surface area contributed by atoms with Crippen LogP contribution >= 0.6 is 91.3 Å². The van der Waals surface area contributed by atoms with Gasteiger partial charge in [0.15, 0.2) is 0 Å². The Morgan fingerprint density at radius 1 is 0.466 bits per heavy atom. The number of aryl methyl sites for hydroxylation is 2. The molecule has 0 spiro atoms. The second-order valence-electron chi connectivity index (χ2n) is 13.2. The van der Waals surface area contributed by atoms with Crippen molar-refractivity contribution in [3.05, 3.63) is 171 Å². The van der Waals surface area contributed by atoms with E-state index in [4.69, 9.17) is 66.5 Å². The molecule has 0 saturated carbocycles. The number of rotatable bonds is 6. The Balaban J connectivity index is 0.000000288. The molecule has 8 rings (SSSR count). The summed E-state index contributed by atoms with van der Waals surface area (Å²) >= 11 is 34.1. The van der Waals surface area contributed by atoms with Gasteiger partial charge in [-0.2, -0.15) is 25.0 Å². The fourth-order valence-corrected chi connectivity index (χ4v) is 9.77. The van der Waals surface area contributed by atoms with E-state index in [0.29, 0.717) is 12.1 Å². The average molecular weight is 1060 g/mol. The van der Waals surface area contributed by atoms with Crippen LogP contribution in [0.1, 0.15) is 24.0 Å². The second kappa shape index (κ2) is 25.8.